The summed E-state index contributed by atoms with van der Waals surface area (Å²) in [6, 6.07) is 6.23. The Morgan fingerprint density at radius 3 is 2.53 bits per heavy atom. The third-order valence-corrected chi connectivity index (χ3v) is 2.84. The topological polar surface area (TPSA) is 52.9 Å². The molecular weight excluding hydrogens is 225 g/mol. The molecule has 17 heavy (non-hydrogen) atoms. The molecule has 0 bridgehead atoms. The zero-order valence-electron chi connectivity index (χ0n) is 9.42. The number of β-amino-alcohol motifs (C(OH)–C–C–N with tert-alkyl or cyclic N) is 2. The van der Waals surface area contributed by atoms with Crippen molar-refractivity contribution in [1.29, 1.82) is 0 Å². The van der Waals surface area contributed by atoms with Gasteiger partial charge in [-0.3, -0.25) is 4.90 Å². The van der Waals surface area contributed by atoms with E-state index < -0.39 is 12.2 Å². The lowest BCUT2D eigenvalue weighted by atomic mass is 10.3. The fourth-order valence-electron chi connectivity index (χ4n) is 1.88. The average molecular weight is 241 g/mol. The fourth-order valence-corrected chi connectivity index (χ4v) is 1.88. The monoisotopic (exact) mass is 241 g/mol. The van der Waals surface area contributed by atoms with Gasteiger partial charge in [0.1, 0.15) is 6.61 Å². The van der Waals surface area contributed by atoms with Crippen LogP contribution in [-0.4, -0.2) is 53.6 Å². The van der Waals surface area contributed by atoms with Gasteiger partial charge in [-0.05, 0) is 12.1 Å². The first-order chi connectivity index (χ1) is 8.16. The maximum absolute atomic E-state index is 13.2. The van der Waals surface area contributed by atoms with Crippen LogP contribution in [0.4, 0.5) is 4.39 Å². The first-order valence-electron chi connectivity index (χ1n) is 5.62. The maximum atomic E-state index is 13.2. The molecule has 1 aliphatic heterocycles. The van der Waals surface area contributed by atoms with Crippen molar-refractivity contribution in [3.63, 3.8) is 0 Å². The molecule has 1 aromatic carbocycles. The van der Waals surface area contributed by atoms with E-state index in [0.29, 0.717) is 26.2 Å². The van der Waals surface area contributed by atoms with Crippen molar-refractivity contribution in [3.05, 3.63) is 30.1 Å². The standard InChI is InChI=1S/C12H16FNO3/c13-9-3-1-2-4-12(9)17-6-5-14-7-10(15)11(16)8-14/h1-4,10-11,15-16H,5-8H2/t10-,11+. The molecule has 4 nitrogen and oxygen atoms in total. The molecule has 0 saturated carbocycles. The zero-order chi connectivity index (χ0) is 12.3. The van der Waals surface area contributed by atoms with Crippen LogP contribution in [0, 0.1) is 5.82 Å². The van der Waals surface area contributed by atoms with Gasteiger partial charge in [-0.25, -0.2) is 4.39 Å². The molecule has 1 aliphatic rings. The summed E-state index contributed by atoms with van der Waals surface area (Å²) in [5, 5.41) is 18.7. The number of para-hydroxylation sites is 1. The highest BCUT2D eigenvalue weighted by Gasteiger charge is 2.28. The van der Waals surface area contributed by atoms with Crippen molar-refractivity contribution in [2.75, 3.05) is 26.2 Å². The number of ether oxygens (including phenoxy) is 1. The summed E-state index contributed by atoms with van der Waals surface area (Å²) in [7, 11) is 0. The molecule has 0 unspecified atom stereocenters. The van der Waals surface area contributed by atoms with Gasteiger partial charge in [0.2, 0.25) is 0 Å². The van der Waals surface area contributed by atoms with E-state index in [-0.39, 0.29) is 11.6 Å². The van der Waals surface area contributed by atoms with E-state index in [1.807, 2.05) is 4.90 Å². The number of nitrogens with zero attached hydrogens (tertiary/aromatic N) is 1. The SMILES string of the molecule is O[C@@H]1CN(CCOc2ccccc2F)C[C@@H]1O. The summed E-state index contributed by atoms with van der Waals surface area (Å²) in [5.41, 5.74) is 0. The van der Waals surface area contributed by atoms with Crippen molar-refractivity contribution in [2.24, 2.45) is 0 Å². The third kappa shape index (κ3) is 3.15. The number of benzene rings is 1. The Balaban J connectivity index is 1.75. The molecule has 0 amide bonds. The van der Waals surface area contributed by atoms with E-state index in [9.17, 15) is 14.6 Å². The van der Waals surface area contributed by atoms with E-state index >= 15 is 0 Å². The van der Waals surface area contributed by atoms with Crippen LogP contribution in [-0.2, 0) is 0 Å². The molecule has 94 valence electrons. The molecule has 0 radical (unpaired) electrons. The van der Waals surface area contributed by atoms with E-state index in [1.165, 1.54) is 6.07 Å². The highest BCUT2D eigenvalue weighted by molar-refractivity contribution is 5.23. The van der Waals surface area contributed by atoms with Gasteiger partial charge in [0.05, 0.1) is 12.2 Å². The minimum absolute atomic E-state index is 0.229. The molecule has 1 aromatic rings. The second kappa shape index (κ2) is 5.44. The lowest BCUT2D eigenvalue weighted by Gasteiger charge is -2.15. The second-order valence-corrected chi connectivity index (χ2v) is 4.17. The zero-order valence-corrected chi connectivity index (χ0v) is 9.42. The normalized spacial score (nSPS) is 25.1. The van der Waals surface area contributed by atoms with Crippen molar-refractivity contribution < 1.29 is 19.3 Å². The van der Waals surface area contributed by atoms with Gasteiger partial charge in [-0.1, -0.05) is 12.1 Å². The molecule has 2 rings (SSSR count). The van der Waals surface area contributed by atoms with Crippen LogP contribution in [0.5, 0.6) is 5.75 Å². The van der Waals surface area contributed by atoms with Gasteiger partial charge in [0, 0.05) is 19.6 Å². The molecule has 5 heteroatoms. The van der Waals surface area contributed by atoms with Crippen LogP contribution >= 0.6 is 0 Å². The van der Waals surface area contributed by atoms with E-state index in [2.05, 4.69) is 0 Å². The van der Waals surface area contributed by atoms with Gasteiger partial charge in [-0.15, -0.1) is 0 Å². The number of aliphatic hydroxyl groups excluding tert-OH is 2. The van der Waals surface area contributed by atoms with Gasteiger partial charge in [0.25, 0.3) is 0 Å². The predicted molar refractivity (Wildman–Crippen MR) is 60.3 cm³/mol. The Morgan fingerprint density at radius 2 is 1.88 bits per heavy atom. The number of hydrogen-bond acceptors (Lipinski definition) is 4. The van der Waals surface area contributed by atoms with E-state index in [1.54, 1.807) is 18.2 Å². The Labute approximate surface area is 99.2 Å². The van der Waals surface area contributed by atoms with Crippen LogP contribution in [0.1, 0.15) is 0 Å². The summed E-state index contributed by atoms with van der Waals surface area (Å²) in [5.74, 6) is -0.151. The largest absolute Gasteiger partial charge is 0.489 e. The number of aliphatic hydroxyl groups is 2. The summed E-state index contributed by atoms with van der Waals surface area (Å²) in [6.07, 6.45) is -1.38. The smallest absolute Gasteiger partial charge is 0.165 e. The number of likely N-dealkylation sites (tertiary alicyclic amines) is 1. The number of rotatable bonds is 4. The summed E-state index contributed by atoms with van der Waals surface area (Å²) in [6.45, 7) is 1.76. The van der Waals surface area contributed by atoms with Crippen molar-refractivity contribution in [2.45, 2.75) is 12.2 Å². The first-order valence-corrected chi connectivity index (χ1v) is 5.62. The minimum Gasteiger partial charge on any atom is -0.489 e. The minimum atomic E-state index is -0.691. The Morgan fingerprint density at radius 1 is 1.24 bits per heavy atom. The lowest BCUT2D eigenvalue weighted by Crippen LogP contribution is -2.27. The molecule has 0 spiro atoms. The van der Waals surface area contributed by atoms with Gasteiger partial charge in [-0.2, -0.15) is 0 Å². The molecule has 2 atom stereocenters. The second-order valence-electron chi connectivity index (χ2n) is 4.17. The molecule has 0 aromatic heterocycles. The van der Waals surface area contributed by atoms with Crippen molar-refractivity contribution in [1.82, 2.24) is 4.90 Å². The average Bonchev–Trinajstić information content (AvgIpc) is 2.61. The Hall–Kier alpha value is -1.17. The number of hydrogen-bond donors (Lipinski definition) is 2. The predicted octanol–water partition coefficient (Wildman–Crippen LogP) is 0.242. The van der Waals surface area contributed by atoms with Crippen molar-refractivity contribution >= 4 is 0 Å². The molecule has 1 saturated heterocycles. The number of halogens is 1. The summed E-state index contributed by atoms with van der Waals surface area (Å²) in [4.78, 5) is 1.89. The third-order valence-electron chi connectivity index (χ3n) is 2.84. The van der Waals surface area contributed by atoms with E-state index in [0.717, 1.165) is 0 Å². The van der Waals surface area contributed by atoms with Crippen LogP contribution in [0.3, 0.4) is 0 Å². The first kappa shape index (κ1) is 12.3. The van der Waals surface area contributed by atoms with Crippen LogP contribution in [0.15, 0.2) is 24.3 Å². The molecule has 1 heterocycles. The Kier molecular flexibility index (Phi) is 3.93. The van der Waals surface area contributed by atoms with E-state index in [4.69, 9.17) is 4.74 Å². The fraction of sp³-hybridized carbons (Fsp3) is 0.500. The highest BCUT2D eigenvalue weighted by Crippen LogP contribution is 2.15. The molecule has 0 aliphatic carbocycles. The highest BCUT2D eigenvalue weighted by atomic mass is 19.1. The van der Waals surface area contributed by atoms with Crippen LogP contribution in [0.2, 0.25) is 0 Å². The quantitative estimate of drug-likeness (QED) is 0.793. The van der Waals surface area contributed by atoms with Gasteiger partial charge in [0.15, 0.2) is 11.6 Å². The molecular formula is C12H16FNO3. The van der Waals surface area contributed by atoms with Gasteiger partial charge >= 0.3 is 0 Å². The summed E-state index contributed by atoms with van der Waals surface area (Å²) < 4.78 is 18.5. The lowest BCUT2D eigenvalue weighted by molar-refractivity contribution is 0.0572. The molecule has 2 N–H and O–H groups in total. The van der Waals surface area contributed by atoms with Crippen LogP contribution in [0.25, 0.3) is 0 Å². The maximum Gasteiger partial charge on any atom is 0.165 e. The summed E-state index contributed by atoms with van der Waals surface area (Å²) >= 11 is 0. The van der Waals surface area contributed by atoms with Crippen molar-refractivity contribution in [3.8, 4) is 5.75 Å². The molecule has 1 fully saturated rings. The van der Waals surface area contributed by atoms with Gasteiger partial charge < -0.3 is 14.9 Å². The Bertz CT molecular complexity index is 365. The van der Waals surface area contributed by atoms with Crippen LogP contribution < -0.4 is 4.74 Å².